The minimum Gasteiger partial charge on any atom is -0.465 e. The molecule has 0 bridgehead atoms. The van der Waals surface area contributed by atoms with Gasteiger partial charge in [0.25, 0.3) is 0 Å². The fourth-order valence-electron chi connectivity index (χ4n) is 5.86. The molecule has 8 heteroatoms. The van der Waals surface area contributed by atoms with E-state index in [4.69, 9.17) is 9.72 Å². The van der Waals surface area contributed by atoms with Crippen molar-refractivity contribution in [3.63, 3.8) is 0 Å². The molecule has 2 amide bonds. The van der Waals surface area contributed by atoms with Crippen LogP contribution in [0.25, 0.3) is 22.2 Å². The number of rotatable bonds is 11. The monoisotopic (exact) mass is 554 g/mol. The van der Waals surface area contributed by atoms with E-state index in [1.807, 2.05) is 65.6 Å². The number of carboxylic acid groups (broad SMARTS) is 1. The highest BCUT2D eigenvalue weighted by atomic mass is 16.5. The van der Waals surface area contributed by atoms with Crippen molar-refractivity contribution in [3.05, 3.63) is 90.3 Å². The summed E-state index contributed by atoms with van der Waals surface area (Å²) in [5.41, 5.74) is 5.28. The number of fused-ring (bicyclic) bond motifs is 1. The zero-order valence-electron chi connectivity index (χ0n) is 23.5. The van der Waals surface area contributed by atoms with Crippen molar-refractivity contribution < 1.29 is 19.4 Å². The van der Waals surface area contributed by atoms with Crippen LogP contribution < -0.4 is 5.32 Å². The molecule has 0 spiro atoms. The number of ether oxygens (including phenoxy) is 1. The second-order valence-corrected chi connectivity index (χ2v) is 10.8. The maximum atomic E-state index is 13.5. The van der Waals surface area contributed by atoms with Gasteiger partial charge in [-0.3, -0.25) is 4.79 Å². The Balaban J connectivity index is 1.27. The summed E-state index contributed by atoms with van der Waals surface area (Å²) >= 11 is 0. The van der Waals surface area contributed by atoms with Crippen LogP contribution in [-0.2, 0) is 22.5 Å². The number of aromatic nitrogens is 2. The first-order chi connectivity index (χ1) is 20.0. The van der Waals surface area contributed by atoms with Crippen LogP contribution in [0.15, 0.2) is 78.9 Å². The number of methoxy groups -OCH3 is 1. The van der Waals surface area contributed by atoms with Gasteiger partial charge < -0.3 is 24.6 Å². The number of aryl methyl sites for hydroxylation is 1. The Morgan fingerprint density at radius 2 is 1.76 bits per heavy atom. The number of carbonyl (C=O) groups is 2. The molecule has 0 aliphatic carbocycles. The molecule has 4 aromatic rings. The lowest BCUT2D eigenvalue weighted by Crippen LogP contribution is -2.44. The largest absolute Gasteiger partial charge is 0.465 e. The lowest BCUT2D eigenvalue weighted by Gasteiger charge is -2.33. The van der Waals surface area contributed by atoms with Crippen LogP contribution in [0.2, 0.25) is 0 Å². The lowest BCUT2D eigenvalue weighted by molar-refractivity contribution is -0.132. The van der Waals surface area contributed by atoms with Gasteiger partial charge in [-0.1, -0.05) is 66.7 Å². The molecular weight excluding hydrogens is 516 g/mol. The van der Waals surface area contributed by atoms with Crippen molar-refractivity contribution in [3.8, 4) is 11.1 Å². The number of nitrogens with zero attached hydrogens (tertiary/aromatic N) is 3. The quantitative estimate of drug-likeness (QED) is 0.231. The number of likely N-dealkylation sites (tertiary alicyclic amines) is 1. The summed E-state index contributed by atoms with van der Waals surface area (Å²) in [6.07, 6.45) is 2.17. The molecule has 1 saturated heterocycles. The third kappa shape index (κ3) is 7.13. The molecule has 1 aliphatic heterocycles. The summed E-state index contributed by atoms with van der Waals surface area (Å²) in [5, 5.41) is 12.1. The second kappa shape index (κ2) is 13.5. The van der Waals surface area contributed by atoms with Gasteiger partial charge in [0.05, 0.1) is 11.0 Å². The highest BCUT2D eigenvalue weighted by Gasteiger charge is 2.30. The van der Waals surface area contributed by atoms with E-state index in [1.54, 1.807) is 7.11 Å². The van der Waals surface area contributed by atoms with Crippen molar-refractivity contribution in [2.75, 3.05) is 26.8 Å². The first-order valence-electron chi connectivity index (χ1n) is 14.4. The summed E-state index contributed by atoms with van der Waals surface area (Å²) in [7, 11) is 1.71. The molecule has 1 fully saturated rings. The van der Waals surface area contributed by atoms with E-state index in [1.165, 1.54) is 0 Å². The Hall–Kier alpha value is -4.17. The molecule has 0 saturated carbocycles. The predicted molar refractivity (Wildman–Crippen MR) is 160 cm³/mol. The van der Waals surface area contributed by atoms with E-state index < -0.39 is 12.1 Å². The molecular formula is C33H38N4O4. The summed E-state index contributed by atoms with van der Waals surface area (Å²) < 4.78 is 7.56. The second-order valence-electron chi connectivity index (χ2n) is 10.8. The van der Waals surface area contributed by atoms with Crippen LogP contribution >= 0.6 is 0 Å². The van der Waals surface area contributed by atoms with E-state index in [0.717, 1.165) is 59.4 Å². The van der Waals surface area contributed by atoms with Gasteiger partial charge in [-0.15, -0.1) is 0 Å². The molecule has 214 valence electrons. The van der Waals surface area contributed by atoms with Gasteiger partial charge in [0, 0.05) is 51.7 Å². The highest BCUT2D eigenvalue weighted by molar-refractivity contribution is 5.78. The average Bonchev–Trinajstić information content (AvgIpc) is 3.36. The molecule has 0 unspecified atom stereocenters. The zero-order valence-corrected chi connectivity index (χ0v) is 23.5. The molecule has 1 aliphatic rings. The highest BCUT2D eigenvalue weighted by Crippen LogP contribution is 2.30. The van der Waals surface area contributed by atoms with E-state index in [-0.39, 0.29) is 18.2 Å². The Morgan fingerprint density at radius 3 is 2.51 bits per heavy atom. The predicted octanol–water partition coefficient (Wildman–Crippen LogP) is 5.71. The summed E-state index contributed by atoms with van der Waals surface area (Å²) in [4.78, 5) is 32.0. The van der Waals surface area contributed by atoms with Crippen LogP contribution in [-0.4, -0.2) is 64.4 Å². The summed E-state index contributed by atoms with van der Waals surface area (Å²) in [5.74, 6) is 1.11. The van der Waals surface area contributed by atoms with E-state index >= 15 is 0 Å². The average molecular weight is 555 g/mol. The molecule has 41 heavy (non-hydrogen) atoms. The number of carbonyl (C=O) groups excluding carboxylic acids is 1. The normalized spacial score (nSPS) is 16.0. The fourth-order valence-corrected chi connectivity index (χ4v) is 5.86. The van der Waals surface area contributed by atoms with Crippen molar-refractivity contribution in [1.29, 1.82) is 0 Å². The van der Waals surface area contributed by atoms with Gasteiger partial charge in [-0.05, 0) is 54.5 Å². The molecule has 2 N–H and O–H groups in total. The Labute approximate surface area is 241 Å². The standard InChI is InChI=1S/C33H38N4O4/c1-41-20-8-19-37-30-13-6-5-12-29(30)35-32(37)27-11-7-18-36(23-27)31(38)22-28(34-33(39)40)21-24-14-16-26(17-15-24)25-9-3-2-4-10-25/h2-6,9-10,12-17,27-28,34H,7-8,11,18-23H2,1H3,(H,39,40)/t27-,28-/m1/s1. The van der Waals surface area contributed by atoms with E-state index in [9.17, 15) is 14.7 Å². The third-order valence-corrected chi connectivity index (χ3v) is 7.85. The fraction of sp³-hybridized carbons (Fsp3) is 0.364. The SMILES string of the molecule is COCCCn1c([C@@H]2CCCN(C(=O)C[C@@H](Cc3ccc(-c4ccccc4)cc3)NC(=O)O)C2)nc2ccccc21. The van der Waals surface area contributed by atoms with Gasteiger partial charge in [0.1, 0.15) is 5.82 Å². The maximum Gasteiger partial charge on any atom is 0.404 e. The first-order valence-corrected chi connectivity index (χ1v) is 14.4. The van der Waals surface area contributed by atoms with Crippen LogP contribution in [0.1, 0.15) is 43.0 Å². The number of nitrogens with one attached hydrogen (secondary N) is 1. The zero-order chi connectivity index (χ0) is 28.6. The number of para-hydroxylation sites is 2. The third-order valence-electron chi connectivity index (χ3n) is 7.85. The maximum absolute atomic E-state index is 13.5. The van der Waals surface area contributed by atoms with Gasteiger partial charge >= 0.3 is 6.09 Å². The van der Waals surface area contributed by atoms with Gasteiger partial charge in [0.15, 0.2) is 0 Å². The van der Waals surface area contributed by atoms with Gasteiger partial charge in [-0.2, -0.15) is 0 Å². The van der Waals surface area contributed by atoms with E-state index in [0.29, 0.717) is 26.1 Å². The topological polar surface area (TPSA) is 96.7 Å². The summed E-state index contributed by atoms with van der Waals surface area (Å²) in [6.45, 7) is 2.73. The smallest absolute Gasteiger partial charge is 0.404 e. The molecule has 0 radical (unpaired) electrons. The van der Waals surface area contributed by atoms with Gasteiger partial charge in [-0.25, -0.2) is 9.78 Å². The minimum atomic E-state index is -1.12. The van der Waals surface area contributed by atoms with Crippen LogP contribution in [0.3, 0.4) is 0 Å². The molecule has 2 heterocycles. The Kier molecular flexibility index (Phi) is 9.31. The number of benzene rings is 3. The van der Waals surface area contributed by atoms with Crippen LogP contribution in [0.5, 0.6) is 0 Å². The Morgan fingerprint density at radius 1 is 1.02 bits per heavy atom. The molecule has 1 aromatic heterocycles. The number of hydrogen-bond donors (Lipinski definition) is 2. The molecule has 5 rings (SSSR count). The molecule has 8 nitrogen and oxygen atoms in total. The summed E-state index contributed by atoms with van der Waals surface area (Å²) in [6, 6.07) is 25.9. The number of amides is 2. The number of imidazole rings is 1. The Bertz CT molecular complexity index is 1450. The number of piperidine rings is 1. The van der Waals surface area contributed by atoms with Gasteiger partial charge in [0.2, 0.25) is 5.91 Å². The first kappa shape index (κ1) is 28.4. The van der Waals surface area contributed by atoms with Crippen molar-refractivity contribution in [2.45, 2.75) is 50.6 Å². The minimum absolute atomic E-state index is 0.0311. The molecule has 2 atom stereocenters. The lowest BCUT2D eigenvalue weighted by atomic mass is 9.95. The number of hydrogen-bond acceptors (Lipinski definition) is 4. The van der Waals surface area contributed by atoms with Crippen LogP contribution in [0, 0.1) is 0 Å². The van der Waals surface area contributed by atoms with Crippen molar-refractivity contribution in [2.24, 2.45) is 0 Å². The van der Waals surface area contributed by atoms with E-state index in [2.05, 4.69) is 28.1 Å². The van der Waals surface area contributed by atoms with Crippen molar-refractivity contribution in [1.82, 2.24) is 19.8 Å². The van der Waals surface area contributed by atoms with Crippen molar-refractivity contribution >= 4 is 23.0 Å². The van der Waals surface area contributed by atoms with Crippen LogP contribution in [0.4, 0.5) is 4.79 Å². The molecule has 3 aromatic carbocycles.